The van der Waals surface area contributed by atoms with E-state index in [0.29, 0.717) is 29.2 Å². The molecule has 1 N–H and O–H groups in total. The summed E-state index contributed by atoms with van der Waals surface area (Å²) >= 11 is 0. The highest BCUT2D eigenvalue weighted by Crippen LogP contribution is 2.23. The van der Waals surface area contributed by atoms with Gasteiger partial charge >= 0.3 is 5.97 Å². The Morgan fingerprint density at radius 2 is 1.86 bits per heavy atom. The molecule has 0 radical (unpaired) electrons. The number of aryl methyl sites for hydroxylation is 2. The maximum atomic E-state index is 12.4. The minimum absolute atomic E-state index is 0.276. The molecule has 7 heteroatoms. The molecule has 3 rings (SSSR count). The van der Waals surface area contributed by atoms with Crippen LogP contribution < -0.4 is 5.32 Å². The topological polar surface area (TPSA) is 94.1 Å². The van der Waals surface area contributed by atoms with Crippen LogP contribution in [0, 0.1) is 13.8 Å². The molecule has 0 aliphatic rings. The predicted octanol–water partition coefficient (Wildman–Crippen LogP) is 3.58. The highest BCUT2D eigenvalue weighted by atomic mass is 16.5. The van der Waals surface area contributed by atoms with E-state index in [1.54, 1.807) is 43.7 Å². The maximum Gasteiger partial charge on any atom is 0.338 e. The zero-order valence-electron chi connectivity index (χ0n) is 15.9. The molecule has 0 unspecified atom stereocenters. The number of nitrogens with zero attached hydrogens (tertiary/aromatic N) is 3. The monoisotopic (exact) mass is 376 g/mol. The van der Waals surface area contributed by atoms with Crippen molar-refractivity contribution in [2.75, 3.05) is 11.9 Å². The van der Waals surface area contributed by atoms with Gasteiger partial charge in [-0.25, -0.2) is 9.78 Å². The number of carbonyl (C=O) groups is 2. The number of benzene rings is 1. The van der Waals surface area contributed by atoms with Gasteiger partial charge in [0.05, 0.1) is 30.3 Å². The first kappa shape index (κ1) is 19.2. The number of nitrogens with one attached hydrogen (secondary N) is 1. The Balaban J connectivity index is 1.81. The molecule has 1 amide bonds. The Bertz CT molecular complexity index is 1020. The molecule has 2 aromatic heterocycles. The second kappa shape index (κ2) is 8.39. The molecule has 0 aliphatic heterocycles. The second-order valence-corrected chi connectivity index (χ2v) is 6.18. The predicted molar refractivity (Wildman–Crippen MR) is 105 cm³/mol. The SMILES string of the molecule is CCOC(=O)c1ccc(C)c(-c2cnc(NC(=O)c3ccncc3C)cn2)c1. The quantitative estimate of drug-likeness (QED) is 0.684. The molecule has 1 aromatic carbocycles. The van der Waals surface area contributed by atoms with Crippen molar-refractivity contribution in [3.8, 4) is 11.3 Å². The number of ether oxygens (including phenoxy) is 1. The van der Waals surface area contributed by atoms with Gasteiger partial charge in [0.25, 0.3) is 5.91 Å². The van der Waals surface area contributed by atoms with E-state index in [-0.39, 0.29) is 11.9 Å². The molecule has 0 bridgehead atoms. The Hall–Kier alpha value is -3.61. The maximum absolute atomic E-state index is 12.4. The molecule has 2 heterocycles. The molecule has 0 spiro atoms. The van der Waals surface area contributed by atoms with Gasteiger partial charge in [-0.15, -0.1) is 0 Å². The number of esters is 1. The standard InChI is InChI=1S/C21H20N4O3/c1-4-28-21(27)15-6-5-13(2)17(9-15)18-11-24-19(12-23-18)25-20(26)16-7-8-22-10-14(16)3/h5-12H,4H2,1-3H3,(H,24,25,26). The van der Waals surface area contributed by atoms with Crippen LogP contribution in [0.4, 0.5) is 5.82 Å². The van der Waals surface area contributed by atoms with Crippen molar-refractivity contribution in [3.05, 3.63) is 71.3 Å². The van der Waals surface area contributed by atoms with E-state index in [1.807, 2.05) is 19.9 Å². The summed E-state index contributed by atoms with van der Waals surface area (Å²) in [7, 11) is 0. The normalized spacial score (nSPS) is 10.4. The van der Waals surface area contributed by atoms with Gasteiger partial charge in [-0.2, -0.15) is 0 Å². The van der Waals surface area contributed by atoms with Crippen LogP contribution in [-0.2, 0) is 4.74 Å². The fourth-order valence-electron chi connectivity index (χ4n) is 2.68. The zero-order chi connectivity index (χ0) is 20.1. The van der Waals surface area contributed by atoms with Crippen LogP contribution in [-0.4, -0.2) is 33.4 Å². The fourth-order valence-corrected chi connectivity index (χ4v) is 2.68. The van der Waals surface area contributed by atoms with Crippen LogP contribution in [0.5, 0.6) is 0 Å². The van der Waals surface area contributed by atoms with Gasteiger partial charge in [0.2, 0.25) is 0 Å². The van der Waals surface area contributed by atoms with E-state index in [4.69, 9.17) is 4.74 Å². The second-order valence-electron chi connectivity index (χ2n) is 6.18. The van der Waals surface area contributed by atoms with Gasteiger partial charge in [-0.05, 0) is 50.1 Å². The van der Waals surface area contributed by atoms with E-state index in [2.05, 4.69) is 20.3 Å². The molecule has 28 heavy (non-hydrogen) atoms. The van der Waals surface area contributed by atoms with Crippen LogP contribution in [0.1, 0.15) is 38.8 Å². The molecule has 7 nitrogen and oxygen atoms in total. The van der Waals surface area contributed by atoms with Crippen molar-refractivity contribution in [1.29, 1.82) is 0 Å². The summed E-state index contributed by atoms with van der Waals surface area (Å²) in [6.45, 7) is 5.82. The minimum Gasteiger partial charge on any atom is -0.462 e. The summed E-state index contributed by atoms with van der Waals surface area (Å²) in [5.41, 5.74) is 4.08. The lowest BCUT2D eigenvalue weighted by atomic mass is 10.0. The van der Waals surface area contributed by atoms with Gasteiger partial charge in [-0.1, -0.05) is 6.07 Å². The molecule has 0 fully saturated rings. The summed E-state index contributed by atoms with van der Waals surface area (Å²) in [6.07, 6.45) is 6.24. The van der Waals surface area contributed by atoms with Crippen molar-refractivity contribution in [1.82, 2.24) is 15.0 Å². The van der Waals surface area contributed by atoms with E-state index < -0.39 is 0 Å². The zero-order valence-corrected chi connectivity index (χ0v) is 15.9. The molecule has 3 aromatic rings. The van der Waals surface area contributed by atoms with Crippen molar-refractivity contribution >= 4 is 17.7 Å². The number of rotatable bonds is 5. The van der Waals surface area contributed by atoms with Crippen LogP contribution in [0.2, 0.25) is 0 Å². The lowest BCUT2D eigenvalue weighted by molar-refractivity contribution is 0.0526. The first-order valence-electron chi connectivity index (χ1n) is 8.81. The lowest BCUT2D eigenvalue weighted by Gasteiger charge is -2.09. The minimum atomic E-state index is -0.381. The van der Waals surface area contributed by atoms with Crippen LogP contribution in [0.3, 0.4) is 0 Å². The third kappa shape index (κ3) is 4.20. The van der Waals surface area contributed by atoms with E-state index >= 15 is 0 Å². The number of pyridine rings is 1. The van der Waals surface area contributed by atoms with Crippen molar-refractivity contribution in [2.45, 2.75) is 20.8 Å². The highest BCUT2D eigenvalue weighted by molar-refractivity contribution is 6.04. The third-order valence-electron chi connectivity index (χ3n) is 4.18. The first-order chi connectivity index (χ1) is 13.5. The Morgan fingerprint density at radius 1 is 1.04 bits per heavy atom. The molecule has 0 atom stereocenters. The average Bonchev–Trinajstić information content (AvgIpc) is 2.69. The summed E-state index contributed by atoms with van der Waals surface area (Å²) in [5, 5.41) is 2.72. The Morgan fingerprint density at radius 3 is 2.54 bits per heavy atom. The summed E-state index contributed by atoms with van der Waals surface area (Å²) < 4.78 is 5.05. The Kier molecular flexibility index (Phi) is 5.74. The molecular formula is C21H20N4O3. The van der Waals surface area contributed by atoms with Gasteiger partial charge in [-0.3, -0.25) is 14.8 Å². The van der Waals surface area contributed by atoms with Crippen LogP contribution in [0.25, 0.3) is 11.3 Å². The number of aromatic nitrogens is 3. The van der Waals surface area contributed by atoms with Crippen molar-refractivity contribution in [3.63, 3.8) is 0 Å². The summed E-state index contributed by atoms with van der Waals surface area (Å²) in [6, 6.07) is 6.94. The molecule has 0 saturated carbocycles. The number of amides is 1. The molecule has 142 valence electrons. The van der Waals surface area contributed by atoms with Crippen LogP contribution in [0.15, 0.2) is 49.1 Å². The number of anilines is 1. The lowest BCUT2D eigenvalue weighted by Crippen LogP contribution is -2.14. The summed E-state index contributed by atoms with van der Waals surface area (Å²) in [4.78, 5) is 37.0. The highest BCUT2D eigenvalue weighted by Gasteiger charge is 2.13. The van der Waals surface area contributed by atoms with Gasteiger partial charge in [0.15, 0.2) is 5.82 Å². The van der Waals surface area contributed by atoms with Gasteiger partial charge in [0.1, 0.15) is 0 Å². The number of hydrogen-bond acceptors (Lipinski definition) is 6. The van der Waals surface area contributed by atoms with Gasteiger partial charge < -0.3 is 10.1 Å². The first-order valence-corrected chi connectivity index (χ1v) is 8.81. The fraction of sp³-hybridized carbons (Fsp3) is 0.190. The van der Waals surface area contributed by atoms with Crippen LogP contribution >= 0.6 is 0 Å². The van der Waals surface area contributed by atoms with E-state index in [1.165, 1.54) is 6.20 Å². The molecular weight excluding hydrogens is 356 g/mol. The van der Waals surface area contributed by atoms with Crippen molar-refractivity contribution in [2.24, 2.45) is 0 Å². The summed E-state index contributed by atoms with van der Waals surface area (Å²) in [5.74, 6) is -0.320. The average molecular weight is 376 g/mol. The third-order valence-corrected chi connectivity index (χ3v) is 4.18. The Labute approximate surface area is 162 Å². The van der Waals surface area contributed by atoms with E-state index in [0.717, 1.165) is 16.7 Å². The molecule has 0 aliphatic carbocycles. The van der Waals surface area contributed by atoms with Crippen molar-refractivity contribution < 1.29 is 14.3 Å². The van der Waals surface area contributed by atoms with Gasteiger partial charge in [0, 0.05) is 23.5 Å². The molecule has 0 saturated heterocycles. The number of carbonyl (C=O) groups excluding carboxylic acids is 2. The van der Waals surface area contributed by atoms with E-state index in [9.17, 15) is 9.59 Å². The number of hydrogen-bond donors (Lipinski definition) is 1. The smallest absolute Gasteiger partial charge is 0.338 e. The largest absolute Gasteiger partial charge is 0.462 e.